The molecule has 0 amide bonds. The van der Waals surface area contributed by atoms with Crippen LogP contribution in [-0.4, -0.2) is 23.5 Å². The van der Waals surface area contributed by atoms with Crippen molar-refractivity contribution in [2.45, 2.75) is 19.1 Å². The smallest absolute Gasteiger partial charge is 0.269 e. The van der Waals surface area contributed by atoms with E-state index in [2.05, 4.69) is 32.1 Å². The minimum Gasteiger partial charge on any atom is -0.497 e. The van der Waals surface area contributed by atoms with Crippen LogP contribution in [0.3, 0.4) is 0 Å². The number of rotatable bonds is 9. The molecule has 26 heavy (non-hydrogen) atoms. The predicted molar refractivity (Wildman–Crippen MR) is 113 cm³/mol. The van der Waals surface area contributed by atoms with E-state index < -0.39 is 0 Å². The van der Waals surface area contributed by atoms with Gasteiger partial charge in [-0.1, -0.05) is 32.1 Å². The molecule has 2 rings (SSSR count). The molecule has 2 aromatic carbocycles. The Hall–Kier alpha value is -1.92. The molecular weight excluding hydrogens is 366 g/mol. The van der Waals surface area contributed by atoms with E-state index in [0.29, 0.717) is 0 Å². The van der Waals surface area contributed by atoms with Crippen molar-refractivity contribution < 1.29 is 9.66 Å². The van der Waals surface area contributed by atoms with Crippen molar-refractivity contribution >= 4 is 34.1 Å². The first-order valence-corrected chi connectivity index (χ1v) is 10.5. The lowest BCUT2D eigenvalue weighted by Gasteiger charge is -2.16. The molecule has 0 aliphatic rings. The summed E-state index contributed by atoms with van der Waals surface area (Å²) in [7, 11) is 1.66. The van der Waals surface area contributed by atoms with Gasteiger partial charge < -0.3 is 4.74 Å². The molecule has 4 nitrogen and oxygen atoms in total. The van der Waals surface area contributed by atoms with Crippen LogP contribution in [0.15, 0.2) is 54.6 Å². The lowest BCUT2D eigenvalue weighted by atomic mass is 10.1. The number of benzene rings is 2. The maximum absolute atomic E-state index is 10.9. The highest BCUT2D eigenvalue weighted by Crippen LogP contribution is 2.37. The number of nitro benzene ring substituents is 1. The van der Waals surface area contributed by atoms with Crippen molar-refractivity contribution in [2.75, 3.05) is 18.6 Å². The summed E-state index contributed by atoms with van der Waals surface area (Å²) in [5.41, 5.74) is 2.34. The molecule has 0 aliphatic heterocycles. The van der Waals surface area contributed by atoms with Crippen LogP contribution in [0, 0.1) is 10.1 Å². The Balaban J connectivity index is 2.35. The first kappa shape index (κ1) is 20.4. The minimum absolute atomic E-state index is 0.115. The van der Waals surface area contributed by atoms with Gasteiger partial charge in [-0.2, -0.15) is 0 Å². The van der Waals surface area contributed by atoms with E-state index >= 15 is 0 Å². The number of nitro groups is 1. The third-order valence-electron chi connectivity index (χ3n) is 3.76. The maximum Gasteiger partial charge on any atom is 0.269 e. The van der Waals surface area contributed by atoms with E-state index in [1.807, 2.05) is 36.0 Å². The summed E-state index contributed by atoms with van der Waals surface area (Å²) in [6.07, 6.45) is 2.26. The number of hydrogen-bond acceptors (Lipinski definition) is 5. The fraction of sp³-hybridized carbons (Fsp3) is 0.300. The quantitative estimate of drug-likeness (QED) is 0.378. The highest BCUT2D eigenvalue weighted by atomic mass is 32.2. The van der Waals surface area contributed by atoms with Gasteiger partial charge in [-0.3, -0.25) is 10.1 Å². The van der Waals surface area contributed by atoms with Gasteiger partial charge >= 0.3 is 0 Å². The highest BCUT2D eigenvalue weighted by Gasteiger charge is 2.13. The first-order chi connectivity index (χ1) is 12.6. The van der Waals surface area contributed by atoms with Crippen LogP contribution in [0.2, 0.25) is 0 Å². The lowest BCUT2D eigenvalue weighted by molar-refractivity contribution is -0.384. The van der Waals surface area contributed by atoms with Gasteiger partial charge in [-0.15, -0.1) is 23.5 Å². The molecule has 2 aromatic rings. The number of methoxy groups -OCH3 is 1. The Kier molecular flexibility index (Phi) is 8.06. The average molecular weight is 390 g/mol. The van der Waals surface area contributed by atoms with Gasteiger partial charge in [0.2, 0.25) is 0 Å². The van der Waals surface area contributed by atoms with E-state index in [1.165, 1.54) is 5.56 Å². The highest BCUT2D eigenvalue weighted by molar-refractivity contribution is 8.08. The molecule has 0 bridgehead atoms. The van der Waals surface area contributed by atoms with Gasteiger partial charge in [0.15, 0.2) is 0 Å². The van der Waals surface area contributed by atoms with Crippen molar-refractivity contribution in [3.63, 3.8) is 0 Å². The topological polar surface area (TPSA) is 52.4 Å². The zero-order valence-electron chi connectivity index (χ0n) is 15.2. The van der Waals surface area contributed by atoms with Crippen LogP contribution in [0.4, 0.5) is 5.69 Å². The number of non-ortho nitro benzene ring substituents is 1. The largest absolute Gasteiger partial charge is 0.497 e. The zero-order valence-corrected chi connectivity index (χ0v) is 16.8. The van der Waals surface area contributed by atoms with Crippen LogP contribution in [0.5, 0.6) is 5.75 Å². The van der Waals surface area contributed by atoms with Crippen LogP contribution < -0.4 is 4.74 Å². The van der Waals surface area contributed by atoms with Gasteiger partial charge in [0.25, 0.3) is 5.69 Å². The number of thioether (sulfide) groups is 2. The average Bonchev–Trinajstić information content (AvgIpc) is 2.67. The second kappa shape index (κ2) is 10.3. The fourth-order valence-electron chi connectivity index (χ4n) is 2.48. The third kappa shape index (κ3) is 5.54. The summed E-state index contributed by atoms with van der Waals surface area (Å²) in [5.74, 6) is 2.78. The van der Waals surface area contributed by atoms with Crippen molar-refractivity contribution in [3.8, 4) is 5.75 Å². The van der Waals surface area contributed by atoms with Crippen LogP contribution in [0.1, 0.15) is 30.2 Å². The summed E-state index contributed by atoms with van der Waals surface area (Å²) in [4.78, 5) is 11.7. The Morgan fingerprint density at radius 2 is 1.77 bits per heavy atom. The van der Waals surface area contributed by atoms with Gasteiger partial charge in [0.05, 0.1) is 12.0 Å². The predicted octanol–water partition coefficient (Wildman–Crippen LogP) is 6.19. The van der Waals surface area contributed by atoms with E-state index in [9.17, 15) is 10.1 Å². The third-order valence-corrected chi connectivity index (χ3v) is 5.83. The molecule has 0 aliphatic carbocycles. The monoisotopic (exact) mass is 389 g/mol. The fourth-order valence-corrected chi connectivity index (χ4v) is 4.35. The number of nitrogens with zero attached hydrogens (tertiary/aromatic N) is 1. The summed E-state index contributed by atoms with van der Waals surface area (Å²) in [6, 6.07) is 14.9. The molecule has 138 valence electrons. The molecule has 0 fully saturated rings. The van der Waals surface area contributed by atoms with Crippen LogP contribution in [0.25, 0.3) is 4.91 Å². The molecule has 1 atom stereocenters. The standard InChI is InChI=1S/C20H23NO3S2/c1-4-25-19(15-6-10-17(11-7-15)21(22)23)14-20(26-5-2)16-8-12-18(24-3)13-9-16/h6-14,20H,4-5H2,1-3H3/b19-14-. The normalized spacial score (nSPS) is 12.7. The minimum atomic E-state index is -0.368. The molecule has 0 spiro atoms. The molecule has 6 heteroatoms. The van der Waals surface area contributed by atoms with Gasteiger partial charge in [0, 0.05) is 22.3 Å². The van der Waals surface area contributed by atoms with Gasteiger partial charge in [0.1, 0.15) is 5.75 Å². The van der Waals surface area contributed by atoms with Gasteiger partial charge in [-0.25, -0.2) is 0 Å². The molecule has 0 radical (unpaired) electrons. The second-order valence-electron chi connectivity index (χ2n) is 5.42. The number of ether oxygens (including phenoxy) is 1. The summed E-state index contributed by atoms with van der Waals surface area (Å²) < 4.78 is 5.25. The Morgan fingerprint density at radius 1 is 1.12 bits per heavy atom. The summed E-state index contributed by atoms with van der Waals surface area (Å²) in [6.45, 7) is 4.26. The van der Waals surface area contributed by atoms with Crippen molar-refractivity contribution in [3.05, 3.63) is 75.8 Å². The molecule has 0 saturated carbocycles. The van der Waals surface area contributed by atoms with Crippen LogP contribution in [-0.2, 0) is 0 Å². The van der Waals surface area contributed by atoms with Gasteiger partial charge in [-0.05, 0) is 46.9 Å². The second-order valence-corrected chi connectivity index (χ2v) is 8.14. The maximum atomic E-state index is 10.9. The van der Waals surface area contributed by atoms with E-state index in [1.54, 1.807) is 31.0 Å². The molecular formula is C20H23NO3S2. The van der Waals surface area contributed by atoms with Crippen molar-refractivity contribution in [2.24, 2.45) is 0 Å². The zero-order chi connectivity index (χ0) is 18.9. The van der Waals surface area contributed by atoms with E-state index in [4.69, 9.17) is 4.74 Å². The molecule has 0 N–H and O–H groups in total. The summed E-state index contributed by atoms with van der Waals surface area (Å²) >= 11 is 3.61. The molecule has 0 heterocycles. The molecule has 0 aromatic heterocycles. The van der Waals surface area contributed by atoms with E-state index in [-0.39, 0.29) is 15.9 Å². The molecule has 0 saturated heterocycles. The van der Waals surface area contributed by atoms with E-state index in [0.717, 1.165) is 27.7 Å². The Labute approximate surface area is 163 Å². The Morgan fingerprint density at radius 3 is 2.27 bits per heavy atom. The Bertz CT molecular complexity index is 743. The van der Waals surface area contributed by atoms with Crippen molar-refractivity contribution in [1.82, 2.24) is 0 Å². The lowest BCUT2D eigenvalue weighted by Crippen LogP contribution is -1.94. The number of hydrogen-bond donors (Lipinski definition) is 0. The van der Waals surface area contributed by atoms with Crippen LogP contribution >= 0.6 is 23.5 Å². The molecule has 1 unspecified atom stereocenters. The first-order valence-electron chi connectivity index (χ1n) is 8.44. The SMILES string of the molecule is CCS/C(=C\C(SCC)c1ccc(OC)cc1)c1ccc([N+](=O)[O-])cc1. The van der Waals surface area contributed by atoms with Crippen molar-refractivity contribution in [1.29, 1.82) is 0 Å². The summed E-state index contributed by atoms with van der Waals surface area (Å²) in [5, 5.41) is 11.1.